The fourth-order valence-corrected chi connectivity index (χ4v) is 4.09. The Balaban J connectivity index is 1.56. The second kappa shape index (κ2) is 5.68. The van der Waals surface area contributed by atoms with Crippen molar-refractivity contribution in [3.05, 3.63) is 0 Å². The molecular weight excluding hydrogens is 240 g/mol. The van der Waals surface area contributed by atoms with Crippen molar-refractivity contribution < 1.29 is 9.47 Å². The average molecular weight is 268 g/mol. The monoisotopic (exact) mass is 268 g/mol. The molecule has 2 saturated heterocycles. The zero-order chi connectivity index (χ0) is 13.3. The fourth-order valence-electron chi connectivity index (χ4n) is 4.09. The van der Waals surface area contributed by atoms with Crippen molar-refractivity contribution in [1.82, 2.24) is 4.90 Å². The largest absolute Gasteiger partial charge is 0.347 e. The summed E-state index contributed by atoms with van der Waals surface area (Å²) in [6.07, 6.45) is 7.51. The van der Waals surface area contributed by atoms with Crippen molar-refractivity contribution >= 4 is 0 Å². The molecule has 2 aliphatic heterocycles. The van der Waals surface area contributed by atoms with Gasteiger partial charge >= 0.3 is 0 Å². The molecule has 1 spiro atoms. The van der Waals surface area contributed by atoms with E-state index in [1.165, 1.54) is 32.2 Å². The summed E-state index contributed by atoms with van der Waals surface area (Å²) in [4.78, 5) is 2.54. The first-order valence-corrected chi connectivity index (χ1v) is 7.98. The zero-order valence-electron chi connectivity index (χ0n) is 12.1. The number of ether oxygens (including phenoxy) is 2. The molecule has 0 aromatic carbocycles. The van der Waals surface area contributed by atoms with Crippen molar-refractivity contribution in [3.63, 3.8) is 0 Å². The first kappa shape index (κ1) is 13.8. The highest BCUT2D eigenvalue weighted by atomic mass is 16.7. The van der Waals surface area contributed by atoms with Gasteiger partial charge in [-0.15, -0.1) is 0 Å². The summed E-state index contributed by atoms with van der Waals surface area (Å²) < 4.78 is 12.2. The molecule has 1 saturated carbocycles. The van der Waals surface area contributed by atoms with Gasteiger partial charge in [-0.05, 0) is 38.1 Å². The minimum Gasteiger partial charge on any atom is -0.347 e. The summed E-state index contributed by atoms with van der Waals surface area (Å²) in [7, 11) is 0. The standard InChI is InChI=1S/C15H28N2O2/c1-12-5-4-8-17(14(12)9-16)10-13-11-18-15(19-13)6-2-3-7-15/h12-14H,2-11,16H2,1H3. The number of nitrogens with zero attached hydrogens (tertiary/aromatic N) is 1. The molecule has 3 rings (SSSR count). The van der Waals surface area contributed by atoms with Gasteiger partial charge in [0.15, 0.2) is 5.79 Å². The zero-order valence-corrected chi connectivity index (χ0v) is 12.1. The molecule has 3 unspecified atom stereocenters. The molecule has 0 aromatic rings. The van der Waals surface area contributed by atoms with Gasteiger partial charge in [-0.3, -0.25) is 4.90 Å². The highest BCUT2D eigenvalue weighted by Crippen LogP contribution is 2.39. The van der Waals surface area contributed by atoms with Crippen LogP contribution in [0.3, 0.4) is 0 Å². The summed E-state index contributed by atoms with van der Waals surface area (Å²) >= 11 is 0. The molecule has 1 aliphatic carbocycles. The molecule has 19 heavy (non-hydrogen) atoms. The van der Waals surface area contributed by atoms with Crippen LogP contribution in [0.15, 0.2) is 0 Å². The van der Waals surface area contributed by atoms with Crippen LogP contribution in [0.4, 0.5) is 0 Å². The lowest BCUT2D eigenvalue weighted by molar-refractivity contribution is -0.164. The lowest BCUT2D eigenvalue weighted by Gasteiger charge is -2.40. The van der Waals surface area contributed by atoms with Gasteiger partial charge in [-0.2, -0.15) is 0 Å². The van der Waals surface area contributed by atoms with E-state index in [0.717, 1.165) is 32.5 Å². The van der Waals surface area contributed by atoms with Crippen LogP contribution in [0.5, 0.6) is 0 Å². The van der Waals surface area contributed by atoms with Gasteiger partial charge in [-0.1, -0.05) is 6.92 Å². The Morgan fingerprint density at radius 2 is 2.05 bits per heavy atom. The van der Waals surface area contributed by atoms with E-state index in [1.54, 1.807) is 0 Å². The van der Waals surface area contributed by atoms with E-state index in [9.17, 15) is 0 Å². The predicted molar refractivity (Wildman–Crippen MR) is 74.8 cm³/mol. The molecule has 3 fully saturated rings. The number of piperidine rings is 1. The molecule has 0 bridgehead atoms. The summed E-state index contributed by atoms with van der Waals surface area (Å²) in [6.45, 7) is 6.02. The van der Waals surface area contributed by atoms with Gasteiger partial charge in [0.25, 0.3) is 0 Å². The molecule has 4 heteroatoms. The van der Waals surface area contributed by atoms with Gasteiger partial charge in [0, 0.05) is 32.0 Å². The molecule has 2 N–H and O–H groups in total. The molecular formula is C15H28N2O2. The number of rotatable bonds is 3. The van der Waals surface area contributed by atoms with Crippen LogP contribution < -0.4 is 5.73 Å². The van der Waals surface area contributed by atoms with Crippen LogP contribution in [0.25, 0.3) is 0 Å². The minimum absolute atomic E-state index is 0.218. The average Bonchev–Trinajstić information content (AvgIpc) is 3.01. The SMILES string of the molecule is CC1CCCN(CC2COC3(CCCC3)O2)C1CN. The third-order valence-corrected chi connectivity index (χ3v) is 5.19. The van der Waals surface area contributed by atoms with Gasteiger partial charge in [0.2, 0.25) is 0 Å². The molecule has 4 nitrogen and oxygen atoms in total. The maximum atomic E-state index is 6.24. The van der Waals surface area contributed by atoms with Crippen LogP contribution in [0, 0.1) is 5.92 Å². The summed E-state index contributed by atoms with van der Waals surface area (Å²) in [5, 5.41) is 0. The molecule has 110 valence electrons. The number of hydrogen-bond acceptors (Lipinski definition) is 4. The van der Waals surface area contributed by atoms with E-state index in [2.05, 4.69) is 11.8 Å². The topological polar surface area (TPSA) is 47.7 Å². The van der Waals surface area contributed by atoms with Crippen molar-refractivity contribution in [2.75, 3.05) is 26.2 Å². The second-order valence-corrected chi connectivity index (χ2v) is 6.59. The van der Waals surface area contributed by atoms with E-state index < -0.39 is 0 Å². The Bertz CT molecular complexity index is 305. The van der Waals surface area contributed by atoms with Gasteiger partial charge < -0.3 is 15.2 Å². The minimum atomic E-state index is -0.218. The first-order chi connectivity index (χ1) is 9.22. The van der Waals surface area contributed by atoms with Crippen LogP contribution in [-0.4, -0.2) is 49.1 Å². The highest BCUT2D eigenvalue weighted by Gasteiger charge is 2.44. The Labute approximate surface area is 116 Å². The van der Waals surface area contributed by atoms with Crippen LogP contribution >= 0.6 is 0 Å². The van der Waals surface area contributed by atoms with Gasteiger partial charge in [-0.25, -0.2) is 0 Å². The Morgan fingerprint density at radius 3 is 2.79 bits per heavy atom. The second-order valence-electron chi connectivity index (χ2n) is 6.59. The third kappa shape index (κ3) is 2.82. The Kier molecular flexibility index (Phi) is 4.13. The van der Waals surface area contributed by atoms with E-state index in [1.807, 2.05) is 0 Å². The van der Waals surface area contributed by atoms with Crippen LogP contribution in [0.2, 0.25) is 0 Å². The first-order valence-electron chi connectivity index (χ1n) is 7.98. The molecule has 3 atom stereocenters. The molecule has 0 aromatic heterocycles. The lowest BCUT2D eigenvalue weighted by atomic mass is 9.90. The van der Waals surface area contributed by atoms with E-state index in [4.69, 9.17) is 15.2 Å². The Morgan fingerprint density at radius 1 is 1.26 bits per heavy atom. The van der Waals surface area contributed by atoms with E-state index >= 15 is 0 Å². The van der Waals surface area contributed by atoms with Crippen LogP contribution in [-0.2, 0) is 9.47 Å². The third-order valence-electron chi connectivity index (χ3n) is 5.19. The number of nitrogens with two attached hydrogens (primary N) is 1. The maximum Gasteiger partial charge on any atom is 0.168 e. The lowest BCUT2D eigenvalue weighted by Crippen LogP contribution is -2.51. The van der Waals surface area contributed by atoms with E-state index in [0.29, 0.717) is 12.0 Å². The summed E-state index contributed by atoms with van der Waals surface area (Å²) in [5.41, 5.74) is 5.96. The smallest absolute Gasteiger partial charge is 0.168 e. The van der Waals surface area contributed by atoms with Crippen LogP contribution in [0.1, 0.15) is 45.4 Å². The van der Waals surface area contributed by atoms with Gasteiger partial charge in [0.1, 0.15) is 0 Å². The van der Waals surface area contributed by atoms with Gasteiger partial charge in [0.05, 0.1) is 12.7 Å². The normalized spacial score (nSPS) is 39.2. The summed E-state index contributed by atoms with van der Waals surface area (Å²) in [5.74, 6) is 0.492. The molecule has 3 aliphatic rings. The predicted octanol–water partition coefficient (Wildman–Crippen LogP) is 1.73. The van der Waals surface area contributed by atoms with Crippen molar-refractivity contribution in [3.8, 4) is 0 Å². The molecule has 0 amide bonds. The Hall–Kier alpha value is -0.160. The van der Waals surface area contributed by atoms with Crippen molar-refractivity contribution in [1.29, 1.82) is 0 Å². The molecule has 2 heterocycles. The fraction of sp³-hybridized carbons (Fsp3) is 1.00. The summed E-state index contributed by atoms with van der Waals surface area (Å²) in [6, 6.07) is 0.525. The molecule has 0 radical (unpaired) electrons. The highest BCUT2D eigenvalue weighted by molar-refractivity contribution is 4.88. The quantitative estimate of drug-likeness (QED) is 0.847. The number of hydrogen-bond donors (Lipinski definition) is 1. The van der Waals surface area contributed by atoms with E-state index in [-0.39, 0.29) is 11.9 Å². The number of likely N-dealkylation sites (tertiary alicyclic amines) is 1. The van der Waals surface area contributed by atoms with Crippen molar-refractivity contribution in [2.24, 2.45) is 11.7 Å². The maximum absolute atomic E-state index is 6.24. The van der Waals surface area contributed by atoms with Crippen molar-refractivity contribution in [2.45, 2.75) is 63.4 Å².